The molecule has 1 saturated heterocycles. The lowest BCUT2D eigenvalue weighted by molar-refractivity contribution is 0.173. The smallest absolute Gasteiger partial charge is 0.193 e. The maximum atomic E-state index is 12.8. The molecule has 2 heterocycles. The number of nitrogens with one attached hydrogen (secondary N) is 1. The number of hydrogen-bond acceptors (Lipinski definition) is 3. The molecule has 0 radical (unpaired) electrons. The average Bonchev–Trinajstić information content (AvgIpc) is 2.34. The molecule has 1 atom stereocenters. The highest BCUT2D eigenvalue weighted by molar-refractivity contribution is 5.86. The van der Waals surface area contributed by atoms with Gasteiger partial charge in [0.05, 0.1) is 13.1 Å². The highest BCUT2D eigenvalue weighted by atomic mass is 19.1. The molecule has 0 aromatic heterocycles. The van der Waals surface area contributed by atoms with Crippen molar-refractivity contribution in [3.8, 4) is 0 Å². The van der Waals surface area contributed by atoms with E-state index >= 15 is 0 Å². The molecule has 2 aliphatic heterocycles. The lowest BCUT2D eigenvalue weighted by Crippen LogP contribution is -2.48. The van der Waals surface area contributed by atoms with Gasteiger partial charge in [-0.25, -0.2) is 4.39 Å². The maximum absolute atomic E-state index is 12.8. The average molecular weight is 143 g/mol. The number of piperazine rings is 1. The molecule has 3 nitrogen and oxygen atoms in total. The van der Waals surface area contributed by atoms with Crippen LogP contribution in [0, 0.1) is 0 Å². The normalized spacial score (nSPS) is 31.9. The van der Waals surface area contributed by atoms with Crippen molar-refractivity contribution < 1.29 is 4.39 Å². The predicted molar refractivity (Wildman–Crippen MR) is 36.8 cm³/mol. The summed E-state index contributed by atoms with van der Waals surface area (Å²) in [7, 11) is 0. The van der Waals surface area contributed by atoms with Crippen LogP contribution in [0.15, 0.2) is 4.99 Å². The van der Waals surface area contributed by atoms with E-state index in [1.807, 2.05) is 0 Å². The molecule has 0 spiro atoms. The van der Waals surface area contributed by atoms with Gasteiger partial charge >= 0.3 is 0 Å². The number of alkyl halides is 1. The van der Waals surface area contributed by atoms with Gasteiger partial charge in [-0.15, -0.1) is 0 Å². The van der Waals surface area contributed by atoms with Crippen LogP contribution >= 0.6 is 0 Å². The van der Waals surface area contributed by atoms with E-state index in [1.165, 1.54) is 0 Å². The first kappa shape index (κ1) is 6.09. The number of hydrogen-bond donors (Lipinski definition) is 1. The molecule has 0 aromatic carbocycles. The van der Waals surface area contributed by atoms with Crippen LogP contribution in [0.5, 0.6) is 0 Å². The van der Waals surface area contributed by atoms with E-state index in [0.29, 0.717) is 6.54 Å². The molecular formula is C6H10FN3. The molecule has 1 N–H and O–H groups in total. The van der Waals surface area contributed by atoms with E-state index in [-0.39, 0.29) is 0 Å². The van der Waals surface area contributed by atoms with E-state index in [1.54, 1.807) is 4.90 Å². The first-order valence-corrected chi connectivity index (χ1v) is 3.52. The second-order valence-corrected chi connectivity index (χ2v) is 2.56. The molecule has 1 fully saturated rings. The molecule has 2 aliphatic rings. The van der Waals surface area contributed by atoms with Crippen molar-refractivity contribution in [3.63, 3.8) is 0 Å². The Hall–Kier alpha value is -0.640. The van der Waals surface area contributed by atoms with Crippen LogP contribution in [0.2, 0.25) is 0 Å². The van der Waals surface area contributed by atoms with E-state index in [4.69, 9.17) is 0 Å². The van der Waals surface area contributed by atoms with Crippen molar-refractivity contribution in [2.24, 2.45) is 4.99 Å². The summed E-state index contributed by atoms with van der Waals surface area (Å²) in [5.74, 6) is 0.888. The Morgan fingerprint density at radius 1 is 1.70 bits per heavy atom. The monoisotopic (exact) mass is 143 g/mol. The quantitative estimate of drug-likeness (QED) is 0.467. The van der Waals surface area contributed by atoms with Gasteiger partial charge in [-0.2, -0.15) is 0 Å². The highest BCUT2D eigenvalue weighted by Crippen LogP contribution is 2.12. The number of amidine groups is 1. The Morgan fingerprint density at radius 3 is 3.40 bits per heavy atom. The third kappa shape index (κ3) is 0.794. The van der Waals surface area contributed by atoms with Crippen LogP contribution in [0.3, 0.4) is 0 Å². The first-order chi connectivity index (χ1) is 4.88. The van der Waals surface area contributed by atoms with Crippen LogP contribution < -0.4 is 5.32 Å². The summed E-state index contributed by atoms with van der Waals surface area (Å²) < 4.78 is 12.8. The minimum atomic E-state index is -0.850. The summed E-state index contributed by atoms with van der Waals surface area (Å²) in [6.07, 6.45) is -0.850. The second kappa shape index (κ2) is 2.20. The van der Waals surface area contributed by atoms with E-state index < -0.39 is 6.30 Å². The van der Waals surface area contributed by atoms with Gasteiger partial charge in [0.2, 0.25) is 0 Å². The van der Waals surface area contributed by atoms with Crippen molar-refractivity contribution in [3.05, 3.63) is 0 Å². The summed E-state index contributed by atoms with van der Waals surface area (Å²) in [5, 5.41) is 3.14. The Kier molecular flexibility index (Phi) is 1.34. The van der Waals surface area contributed by atoms with Crippen molar-refractivity contribution in [2.75, 3.05) is 26.2 Å². The highest BCUT2D eigenvalue weighted by Gasteiger charge is 2.28. The molecule has 0 aromatic rings. The van der Waals surface area contributed by atoms with Gasteiger partial charge in [0.1, 0.15) is 5.84 Å². The van der Waals surface area contributed by atoms with Crippen molar-refractivity contribution in [1.82, 2.24) is 10.2 Å². The number of aliphatic imine (C=N–C) groups is 1. The van der Waals surface area contributed by atoms with Crippen LogP contribution in [0.25, 0.3) is 0 Å². The predicted octanol–water partition coefficient (Wildman–Crippen LogP) is -0.401. The number of halogens is 1. The third-order valence-corrected chi connectivity index (χ3v) is 1.91. The molecule has 56 valence electrons. The zero-order valence-corrected chi connectivity index (χ0v) is 5.68. The first-order valence-electron chi connectivity index (χ1n) is 3.52. The molecule has 2 rings (SSSR count). The fourth-order valence-electron chi connectivity index (χ4n) is 1.36. The topological polar surface area (TPSA) is 27.6 Å². The van der Waals surface area contributed by atoms with Crippen molar-refractivity contribution in [2.45, 2.75) is 6.30 Å². The van der Waals surface area contributed by atoms with Crippen LogP contribution in [-0.2, 0) is 0 Å². The van der Waals surface area contributed by atoms with Crippen molar-refractivity contribution >= 4 is 5.84 Å². The molecule has 10 heavy (non-hydrogen) atoms. The summed E-state index contributed by atoms with van der Waals surface area (Å²) in [6.45, 7) is 2.71. The van der Waals surface area contributed by atoms with E-state index in [9.17, 15) is 4.39 Å². The van der Waals surface area contributed by atoms with Gasteiger partial charge in [-0.1, -0.05) is 0 Å². The Labute approximate surface area is 58.9 Å². The molecule has 4 heteroatoms. The molecule has 0 aliphatic carbocycles. The zero-order valence-electron chi connectivity index (χ0n) is 5.68. The lowest BCUT2D eigenvalue weighted by atomic mass is 10.3. The zero-order chi connectivity index (χ0) is 6.97. The third-order valence-electron chi connectivity index (χ3n) is 1.91. The Morgan fingerprint density at radius 2 is 2.60 bits per heavy atom. The van der Waals surface area contributed by atoms with E-state index in [0.717, 1.165) is 25.5 Å². The molecule has 1 unspecified atom stereocenters. The fourth-order valence-corrected chi connectivity index (χ4v) is 1.36. The van der Waals surface area contributed by atoms with Gasteiger partial charge in [0.25, 0.3) is 0 Å². The lowest BCUT2D eigenvalue weighted by Gasteiger charge is -2.27. The minimum absolute atomic E-state index is 0.330. The fraction of sp³-hybridized carbons (Fsp3) is 0.833. The van der Waals surface area contributed by atoms with Crippen LogP contribution in [0.1, 0.15) is 0 Å². The van der Waals surface area contributed by atoms with Crippen molar-refractivity contribution in [1.29, 1.82) is 0 Å². The molecule has 0 amide bonds. The summed E-state index contributed by atoms with van der Waals surface area (Å²) >= 11 is 0. The number of rotatable bonds is 0. The standard InChI is InChI=1S/C6H10FN3/c7-5-3-9-6-4-8-1-2-10(5)6/h5,8H,1-4H2. The maximum Gasteiger partial charge on any atom is 0.193 e. The van der Waals surface area contributed by atoms with Gasteiger partial charge in [0, 0.05) is 13.1 Å². The van der Waals surface area contributed by atoms with Gasteiger partial charge < -0.3 is 10.2 Å². The van der Waals surface area contributed by atoms with Crippen LogP contribution in [0.4, 0.5) is 4.39 Å². The Balaban J connectivity index is 2.11. The number of fused-ring (bicyclic) bond motifs is 1. The van der Waals surface area contributed by atoms with Gasteiger partial charge in [-0.3, -0.25) is 4.99 Å². The molecule has 0 saturated carbocycles. The van der Waals surface area contributed by atoms with Gasteiger partial charge in [-0.05, 0) is 0 Å². The summed E-state index contributed by atoms with van der Waals surface area (Å²) in [6, 6.07) is 0. The summed E-state index contributed by atoms with van der Waals surface area (Å²) in [5.41, 5.74) is 0. The molecule has 0 bridgehead atoms. The van der Waals surface area contributed by atoms with Crippen LogP contribution in [-0.4, -0.2) is 43.2 Å². The largest absolute Gasteiger partial charge is 0.327 e. The number of nitrogens with zero attached hydrogens (tertiary/aromatic N) is 2. The van der Waals surface area contributed by atoms with E-state index in [2.05, 4.69) is 10.3 Å². The molecular weight excluding hydrogens is 133 g/mol. The summed E-state index contributed by atoms with van der Waals surface area (Å²) in [4.78, 5) is 5.78. The van der Waals surface area contributed by atoms with Gasteiger partial charge in [0.15, 0.2) is 6.30 Å². The SMILES string of the molecule is FC1CN=C2CNCCN21. The Bertz CT molecular complexity index is 168. The second-order valence-electron chi connectivity index (χ2n) is 2.56. The minimum Gasteiger partial charge on any atom is -0.327 e.